The molecule has 0 aliphatic carbocycles. The van der Waals surface area contributed by atoms with Crippen LogP contribution in [0.2, 0.25) is 0 Å². The number of anilines is 1. The van der Waals surface area contributed by atoms with Gasteiger partial charge in [0, 0.05) is 18.2 Å². The molecule has 0 aliphatic rings. The zero-order valence-electron chi connectivity index (χ0n) is 14.0. The van der Waals surface area contributed by atoms with E-state index in [1.54, 1.807) is 6.92 Å². The number of hydrogen-bond acceptors (Lipinski definition) is 6. The van der Waals surface area contributed by atoms with Crippen molar-refractivity contribution in [1.82, 2.24) is 0 Å². The highest BCUT2D eigenvalue weighted by Crippen LogP contribution is 2.36. The van der Waals surface area contributed by atoms with Crippen LogP contribution < -0.4 is 14.2 Å². The van der Waals surface area contributed by atoms with Crippen LogP contribution in [0, 0.1) is 3.57 Å². The minimum atomic E-state index is -4.13. The van der Waals surface area contributed by atoms with E-state index in [2.05, 4.69) is 5.32 Å². The van der Waals surface area contributed by atoms with Crippen molar-refractivity contribution in [3.63, 3.8) is 0 Å². The highest BCUT2D eigenvalue weighted by molar-refractivity contribution is 14.1. The Labute approximate surface area is 165 Å². The first-order valence-electron chi connectivity index (χ1n) is 7.50. The summed E-state index contributed by atoms with van der Waals surface area (Å²) in [5.74, 6) is -0.0769. The SMILES string of the molecule is CCOc1cc(C=O)cc(I)c1OS(=O)(=O)c1ccc(NC(C)=O)cc1. The fraction of sp³-hybridized carbons (Fsp3) is 0.176. The van der Waals surface area contributed by atoms with Crippen molar-refractivity contribution < 1.29 is 26.9 Å². The molecule has 0 spiro atoms. The molecule has 0 saturated carbocycles. The van der Waals surface area contributed by atoms with E-state index in [9.17, 15) is 18.0 Å². The molecule has 0 unspecified atom stereocenters. The molecule has 1 amide bonds. The van der Waals surface area contributed by atoms with Gasteiger partial charge in [0.1, 0.15) is 11.2 Å². The van der Waals surface area contributed by atoms with Gasteiger partial charge in [-0.15, -0.1) is 0 Å². The van der Waals surface area contributed by atoms with E-state index >= 15 is 0 Å². The molecular weight excluding hydrogens is 473 g/mol. The van der Waals surface area contributed by atoms with Gasteiger partial charge in [0.05, 0.1) is 10.2 Å². The van der Waals surface area contributed by atoms with E-state index in [1.165, 1.54) is 43.3 Å². The Morgan fingerprint density at radius 1 is 1.23 bits per heavy atom. The number of halogens is 1. The Bertz CT molecular complexity index is 925. The van der Waals surface area contributed by atoms with Crippen molar-refractivity contribution in [1.29, 1.82) is 0 Å². The topological polar surface area (TPSA) is 98.8 Å². The second kappa shape index (κ2) is 8.49. The highest BCUT2D eigenvalue weighted by atomic mass is 127. The van der Waals surface area contributed by atoms with Crippen molar-refractivity contribution >= 4 is 50.6 Å². The smallest absolute Gasteiger partial charge is 0.339 e. The van der Waals surface area contributed by atoms with Crippen LogP contribution in [0.5, 0.6) is 11.5 Å². The molecule has 0 bridgehead atoms. The summed E-state index contributed by atoms with van der Waals surface area (Å²) in [5.41, 5.74) is 0.818. The summed E-state index contributed by atoms with van der Waals surface area (Å²) in [6.07, 6.45) is 0.643. The summed E-state index contributed by atoms with van der Waals surface area (Å²) >= 11 is 1.88. The number of hydrogen-bond donors (Lipinski definition) is 1. The molecule has 2 aromatic carbocycles. The van der Waals surface area contributed by atoms with Gasteiger partial charge < -0.3 is 14.2 Å². The van der Waals surface area contributed by atoms with Crippen molar-refractivity contribution in [2.45, 2.75) is 18.7 Å². The Morgan fingerprint density at radius 3 is 2.42 bits per heavy atom. The van der Waals surface area contributed by atoms with E-state index in [0.29, 0.717) is 21.1 Å². The number of aldehydes is 1. The van der Waals surface area contributed by atoms with Crippen molar-refractivity contribution in [3.8, 4) is 11.5 Å². The monoisotopic (exact) mass is 489 g/mol. The summed E-state index contributed by atoms with van der Waals surface area (Å²) in [5, 5.41) is 2.55. The predicted molar refractivity (Wildman–Crippen MR) is 104 cm³/mol. The Kier molecular flexibility index (Phi) is 6.59. The van der Waals surface area contributed by atoms with Crippen LogP contribution in [0.4, 0.5) is 5.69 Å². The number of ether oxygens (including phenoxy) is 1. The molecule has 0 radical (unpaired) electrons. The Hall–Kier alpha value is -2.14. The molecule has 138 valence electrons. The van der Waals surface area contributed by atoms with E-state index in [1.807, 2.05) is 22.6 Å². The predicted octanol–water partition coefficient (Wildman–Crippen LogP) is 3.23. The van der Waals surface area contributed by atoms with Crippen LogP contribution in [0.1, 0.15) is 24.2 Å². The Balaban J connectivity index is 2.37. The number of benzene rings is 2. The largest absolute Gasteiger partial charge is 0.490 e. The van der Waals surface area contributed by atoms with E-state index < -0.39 is 10.1 Å². The van der Waals surface area contributed by atoms with Gasteiger partial charge in [-0.2, -0.15) is 8.42 Å². The number of nitrogens with one attached hydrogen (secondary N) is 1. The lowest BCUT2D eigenvalue weighted by molar-refractivity contribution is -0.114. The number of rotatable bonds is 7. The third-order valence-electron chi connectivity index (χ3n) is 3.12. The van der Waals surface area contributed by atoms with E-state index in [-0.39, 0.29) is 28.9 Å². The molecule has 0 aromatic heterocycles. The first-order chi connectivity index (χ1) is 12.3. The van der Waals surface area contributed by atoms with Gasteiger partial charge in [-0.3, -0.25) is 9.59 Å². The fourth-order valence-corrected chi connectivity index (χ4v) is 3.91. The number of amides is 1. The molecule has 2 rings (SSSR count). The van der Waals surface area contributed by atoms with Gasteiger partial charge in [-0.1, -0.05) is 0 Å². The summed E-state index contributed by atoms with van der Waals surface area (Å²) in [6, 6.07) is 8.49. The molecular formula is C17H16INO6S. The van der Waals surface area contributed by atoms with E-state index in [0.717, 1.165) is 0 Å². The van der Waals surface area contributed by atoms with Crippen LogP contribution in [0.15, 0.2) is 41.3 Å². The molecule has 1 N–H and O–H groups in total. The van der Waals surface area contributed by atoms with Gasteiger partial charge >= 0.3 is 10.1 Å². The lowest BCUT2D eigenvalue weighted by Gasteiger charge is -2.14. The molecule has 26 heavy (non-hydrogen) atoms. The van der Waals surface area contributed by atoms with Crippen LogP contribution in [-0.2, 0) is 14.9 Å². The normalized spacial score (nSPS) is 10.9. The first kappa shape index (κ1) is 20.2. The molecule has 0 atom stereocenters. The average Bonchev–Trinajstić information content (AvgIpc) is 2.57. The Morgan fingerprint density at radius 2 is 1.88 bits per heavy atom. The maximum absolute atomic E-state index is 12.6. The average molecular weight is 489 g/mol. The third-order valence-corrected chi connectivity index (χ3v) is 5.16. The van der Waals surface area contributed by atoms with Crippen molar-refractivity contribution in [3.05, 3.63) is 45.5 Å². The minimum Gasteiger partial charge on any atom is -0.490 e. The summed E-state index contributed by atoms with van der Waals surface area (Å²) in [4.78, 5) is 21.9. The van der Waals surface area contributed by atoms with Gasteiger partial charge in [0.25, 0.3) is 0 Å². The van der Waals surface area contributed by atoms with Gasteiger partial charge in [-0.05, 0) is 65.9 Å². The van der Waals surface area contributed by atoms with Crippen LogP contribution >= 0.6 is 22.6 Å². The van der Waals surface area contributed by atoms with Gasteiger partial charge in [0.2, 0.25) is 5.91 Å². The lowest BCUT2D eigenvalue weighted by Crippen LogP contribution is -2.12. The van der Waals surface area contributed by atoms with Crippen molar-refractivity contribution in [2.24, 2.45) is 0 Å². The number of carbonyl (C=O) groups excluding carboxylic acids is 2. The molecule has 0 fully saturated rings. The maximum atomic E-state index is 12.6. The zero-order chi connectivity index (χ0) is 19.3. The minimum absolute atomic E-state index is 0.0176. The second-order valence-corrected chi connectivity index (χ2v) is 7.83. The molecule has 2 aromatic rings. The van der Waals surface area contributed by atoms with Crippen LogP contribution in [0.25, 0.3) is 0 Å². The van der Waals surface area contributed by atoms with Crippen LogP contribution in [0.3, 0.4) is 0 Å². The molecule has 0 heterocycles. The van der Waals surface area contributed by atoms with E-state index in [4.69, 9.17) is 8.92 Å². The van der Waals surface area contributed by atoms with Gasteiger partial charge in [0.15, 0.2) is 11.5 Å². The summed E-state index contributed by atoms with van der Waals surface area (Å²) in [7, 11) is -4.13. The molecule has 9 heteroatoms. The molecule has 0 saturated heterocycles. The summed E-state index contributed by atoms with van der Waals surface area (Å²) in [6.45, 7) is 3.37. The maximum Gasteiger partial charge on any atom is 0.339 e. The quantitative estimate of drug-likeness (QED) is 0.365. The first-order valence-corrected chi connectivity index (χ1v) is 9.99. The fourth-order valence-electron chi connectivity index (χ4n) is 2.07. The van der Waals surface area contributed by atoms with Gasteiger partial charge in [-0.25, -0.2) is 0 Å². The highest BCUT2D eigenvalue weighted by Gasteiger charge is 2.22. The second-order valence-electron chi connectivity index (χ2n) is 5.12. The number of carbonyl (C=O) groups is 2. The standard InChI is InChI=1S/C17H16INO6S/c1-3-24-16-9-12(10-20)8-15(18)17(16)25-26(22,23)14-6-4-13(5-7-14)19-11(2)21/h4-10H,3H2,1-2H3,(H,19,21). The zero-order valence-corrected chi connectivity index (χ0v) is 17.0. The lowest BCUT2D eigenvalue weighted by atomic mass is 10.2. The third kappa shape index (κ3) is 4.94. The van der Waals surface area contributed by atoms with Crippen molar-refractivity contribution in [2.75, 3.05) is 11.9 Å². The molecule has 7 nitrogen and oxygen atoms in total. The summed E-state index contributed by atoms with van der Waals surface area (Å²) < 4.78 is 36.2. The van der Waals surface area contributed by atoms with Crippen LogP contribution in [-0.4, -0.2) is 27.2 Å². The molecule has 0 aliphatic heterocycles.